The molecule has 1 aliphatic heterocycles. The molecule has 174 valence electrons. The molecule has 12 heteroatoms. The van der Waals surface area contributed by atoms with E-state index >= 15 is 0 Å². The quantitative estimate of drug-likeness (QED) is 0.605. The summed E-state index contributed by atoms with van der Waals surface area (Å²) >= 11 is 0. The molecule has 0 aromatic heterocycles. The number of rotatable bonds is 7. The number of carbonyl (C=O) groups is 1. The second kappa shape index (κ2) is 9.53. The minimum atomic E-state index is -4.06. The van der Waals surface area contributed by atoms with E-state index in [-0.39, 0.29) is 41.1 Å². The van der Waals surface area contributed by atoms with Crippen molar-refractivity contribution in [1.29, 1.82) is 0 Å². The number of piperidine rings is 1. The molecular weight excluding hydrogens is 461 g/mol. The number of nitrogens with two attached hydrogens (primary N) is 1. The van der Waals surface area contributed by atoms with E-state index < -0.39 is 31.8 Å². The van der Waals surface area contributed by atoms with Gasteiger partial charge in [-0.1, -0.05) is 12.1 Å². The number of hydrogen-bond acceptors (Lipinski definition) is 6. The van der Waals surface area contributed by atoms with E-state index in [2.05, 4.69) is 5.32 Å². The highest BCUT2D eigenvalue weighted by Gasteiger charge is 2.35. The van der Waals surface area contributed by atoms with Crippen LogP contribution >= 0.6 is 0 Å². The first kappa shape index (κ1) is 24.1. The standard InChI is InChI=1S/C20H24FN3O6S2/c1-30-18-9-6-16(21)11-19(18)32(28,29)24-10-2-3-15(13-24)20(25)23-12-14-4-7-17(8-5-14)31(22,26)27/h4-9,11,15H,2-3,10,12-13H2,1H3,(H,23,25)(H2,22,26,27)/t15-/m0/s1. The van der Waals surface area contributed by atoms with Gasteiger partial charge in [0.2, 0.25) is 26.0 Å². The van der Waals surface area contributed by atoms with Crippen LogP contribution in [0.2, 0.25) is 0 Å². The van der Waals surface area contributed by atoms with Gasteiger partial charge in [-0.3, -0.25) is 4.79 Å². The molecule has 0 saturated carbocycles. The van der Waals surface area contributed by atoms with Gasteiger partial charge in [0.25, 0.3) is 0 Å². The van der Waals surface area contributed by atoms with Gasteiger partial charge in [-0.2, -0.15) is 4.31 Å². The predicted octanol–water partition coefficient (Wildman–Crippen LogP) is 1.20. The molecule has 32 heavy (non-hydrogen) atoms. The third-order valence-corrected chi connectivity index (χ3v) is 8.03. The van der Waals surface area contributed by atoms with Crippen LogP contribution < -0.4 is 15.2 Å². The van der Waals surface area contributed by atoms with Gasteiger partial charge < -0.3 is 10.1 Å². The SMILES string of the molecule is COc1ccc(F)cc1S(=O)(=O)N1CCC[C@H](C(=O)NCc2ccc(S(N)(=O)=O)cc2)C1. The molecule has 1 heterocycles. The Morgan fingerprint density at radius 3 is 2.50 bits per heavy atom. The number of nitrogens with one attached hydrogen (secondary N) is 1. The van der Waals surface area contributed by atoms with Crippen molar-refractivity contribution in [1.82, 2.24) is 9.62 Å². The van der Waals surface area contributed by atoms with E-state index in [1.54, 1.807) is 0 Å². The van der Waals surface area contributed by atoms with Crippen molar-refractivity contribution in [3.63, 3.8) is 0 Å². The van der Waals surface area contributed by atoms with Gasteiger partial charge in [0.05, 0.1) is 17.9 Å². The number of benzene rings is 2. The van der Waals surface area contributed by atoms with Gasteiger partial charge in [-0.25, -0.2) is 26.4 Å². The number of carbonyl (C=O) groups excluding carboxylic acids is 1. The van der Waals surface area contributed by atoms with Crippen LogP contribution in [0.4, 0.5) is 4.39 Å². The maximum atomic E-state index is 13.7. The zero-order valence-electron chi connectivity index (χ0n) is 17.3. The second-order valence-electron chi connectivity index (χ2n) is 7.40. The Morgan fingerprint density at radius 2 is 1.88 bits per heavy atom. The number of hydrogen-bond donors (Lipinski definition) is 2. The number of sulfonamides is 2. The second-order valence-corrected chi connectivity index (χ2v) is 10.9. The Kier molecular flexibility index (Phi) is 7.18. The molecule has 2 aromatic rings. The van der Waals surface area contributed by atoms with Gasteiger partial charge in [0.1, 0.15) is 16.5 Å². The highest BCUT2D eigenvalue weighted by molar-refractivity contribution is 7.89. The normalized spacial score (nSPS) is 17.7. The van der Waals surface area contributed by atoms with Crippen LogP contribution in [0.3, 0.4) is 0 Å². The molecule has 0 unspecified atom stereocenters. The summed E-state index contributed by atoms with van der Waals surface area (Å²) < 4.78 is 68.7. The smallest absolute Gasteiger partial charge is 0.246 e. The Labute approximate surface area is 186 Å². The maximum Gasteiger partial charge on any atom is 0.246 e. The third-order valence-electron chi connectivity index (χ3n) is 5.22. The largest absolute Gasteiger partial charge is 0.495 e. The van der Waals surface area contributed by atoms with Crippen LogP contribution in [0, 0.1) is 11.7 Å². The van der Waals surface area contributed by atoms with Crippen molar-refractivity contribution in [3.05, 3.63) is 53.8 Å². The van der Waals surface area contributed by atoms with Crippen LogP contribution in [-0.2, 0) is 31.4 Å². The lowest BCUT2D eigenvalue weighted by Gasteiger charge is -2.31. The van der Waals surface area contributed by atoms with E-state index in [0.717, 1.165) is 12.1 Å². The Balaban J connectivity index is 1.68. The van der Waals surface area contributed by atoms with E-state index in [0.29, 0.717) is 18.4 Å². The summed E-state index contributed by atoms with van der Waals surface area (Å²) in [5, 5.41) is 7.81. The van der Waals surface area contributed by atoms with Gasteiger partial charge in [-0.15, -0.1) is 0 Å². The van der Waals surface area contributed by atoms with E-state index in [9.17, 15) is 26.0 Å². The average Bonchev–Trinajstić information content (AvgIpc) is 2.77. The highest BCUT2D eigenvalue weighted by atomic mass is 32.2. The predicted molar refractivity (Wildman–Crippen MR) is 114 cm³/mol. The van der Waals surface area contributed by atoms with Gasteiger partial charge in [0, 0.05) is 19.6 Å². The van der Waals surface area contributed by atoms with Crippen molar-refractivity contribution in [2.75, 3.05) is 20.2 Å². The van der Waals surface area contributed by atoms with Crippen LogP contribution in [-0.4, -0.2) is 47.2 Å². The molecule has 1 fully saturated rings. The summed E-state index contributed by atoms with van der Waals surface area (Å²) in [6, 6.07) is 9.03. The van der Waals surface area contributed by atoms with Crippen molar-refractivity contribution in [3.8, 4) is 5.75 Å². The molecule has 0 spiro atoms. The lowest BCUT2D eigenvalue weighted by Crippen LogP contribution is -2.45. The fourth-order valence-electron chi connectivity index (χ4n) is 3.50. The average molecular weight is 486 g/mol. The van der Waals surface area contributed by atoms with E-state index in [4.69, 9.17) is 9.88 Å². The zero-order chi connectivity index (χ0) is 23.5. The summed E-state index contributed by atoms with van der Waals surface area (Å²) in [7, 11) is -6.56. The topological polar surface area (TPSA) is 136 Å². The number of methoxy groups -OCH3 is 1. The Hall–Kier alpha value is -2.54. The van der Waals surface area contributed by atoms with Crippen LogP contribution in [0.15, 0.2) is 52.3 Å². The monoisotopic (exact) mass is 485 g/mol. The van der Waals surface area contributed by atoms with Crippen molar-refractivity contribution >= 4 is 26.0 Å². The summed E-state index contributed by atoms with van der Waals surface area (Å²) in [5.74, 6) is -1.58. The van der Waals surface area contributed by atoms with E-state index in [1.165, 1.54) is 41.7 Å². The number of amides is 1. The molecular formula is C20H24FN3O6S2. The molecule has 9 nitrogen and oxygen atoms in total. The molecule has 1 saturated heterocycles. The Morgan fingerprint density at radius 1 is 1.19 bits per heavy atom. The third kappa shape index (κ3) is 5.44. The summed E-state index contributed by atoms with van der Waals surface area (Å²) in [6.45, 7) is 0.309. The van der Waals surface area contributed by atoms with Crippen LogP contribution in [0.1, 0.15) is 18.4 Å². The molecule has 1 amide bonds. The number of primary sulfonamides is 1. The first-order valence-corrected chi connectivity index (χ1v) is 12.7. The molecule has 1 aliphatic rings. The van der Waals surface area contributed by atoms with Gasteiger partial charge in [-0.05, 0) is 48.7 Å². The molecule has 3 rings (SSSR count). The van der Waals surface area contributed by atoms with Crippen molar-refractivity contribution in [2.45, 2.75) is 29.2 Å². The van der Waals surface area contributed by atoms with Gasteiger partial charge >= 0.3 is 0 Å². The van der Waals surface area contributed by atoms with Crippen molar-refractivity contribution in [2.24, 2.45) is 11.1 Å². The highest BCUT2D eigenvalue weighted by Crippen LogP contribution is 2.30. The Bertz CT molecular complexity index is 1200. The maximum absolute atomic E-state index is 13.7. The molecule has 0 radical (unpaired) electrons. The number of ether oxygens (including phenoxy) is 1. The minimum absolute atomic E-state index is 0.0286. The molecule has 3 N–H and O–H groups in total. The summed E-state index contributed by atoms with van der Waals surface area (Å²) in [5.41, 5.74) is 0.663. The van der Waals surface area contributed by atoms with Crippen LogP contribution in [0.5, 0.6) is 5.75 Å². The summed E-state index contributed by atoms with van der Waals surface area (Å²) in [4.78, 5) is 12.3. The summed E-state index contributed by atoms with van der Waals surface area (Å²) in [6.07, 6.45) is 0.973. The first-order chi connectivity index (χ1) is 15.0. The fourth-order valence-corrected chi connectivity index (χ4v) is 5.70. The zero-order valence-corrected chi connectivity index (χ0v) is 19.0. The van der Waals surface area contributed by atoms with Gasteiger partial charge in [0.15, 0.2) is 0 Å². The minimum Gasteiger partial charge on any atom is -0.495 e. The number of halogens is 1. The first-order valence-electron chi connectivity index (χ1n) is 9.75. The van der Waals surface area contributed by atoms with E-state index in [1.807, 2.05) is 0 Å². The molecule has 0 aliphatic carbocycles. The number of nitrogens with zero attached hydrogens (tertiary/aromatic N) is 1. The molecule has 2 aromatic carbocycles. The van der Waals surface area contributed by atoms with Crippen molar-refractivity contribution < 1.29 is 30.8 Å². The molecule has 1 atom stereocenters. The molecule has 0 bridgehead atoms. The fraction of sp³-hybridized carbons (Fsp3) is 0.350. The lowest BCUT2D eigenvalue weighted by molar-refractivity contribution is -0.126. The van der Waals surface area contributed by atoms with Crippen LogP contribution in [0.25, 0.3) is 0 Å². The lowest BCUT2D eigenvalue weighted by atomic mass is 9.99.